The Labute approximate surface area is 116 Å². The number of halogens is 1. The van der Waals surface area contributed by atoms with Gasteiger partial charge in [-0.1, -0.05) is 18.2 Å². The quantitative estimate of drug-likeness (QED) is 0.825. The van der Waals surface area contributed by atoms with Crippen molar-refractivity contribution in [1.29, 1.82) is 0 Å². The van der Waals surface area contributed by atoms with Gasteiger partial charge in [-0.25, -0.2) is 4.79 Å². The number of fused-ring (bicyclic) bond motifs is 1. The second-order valence-electron chi connectivity index (χ2n) is 4.52. The van der Waals surface area contributed by atoms with Gasteiger partial charge >= 0.3 is 6.09 Å². The molecule has 1 amide bonds. The van der Waals surface area contributed by atoms with Crippen LogP contribution in [0.5, 0.6) is 0 Å². The lowest BCUT2D eigenvalue weighted by Crippen LogP contribution is -2.26. The highest BCUT2D eigenvalue weighted by Crippen LogP contribution is 2.31. The first-order valence-corrected chi connectivity index (χ1v) is 6.75. The number of ether oxygens (including phenoxy) is 1. The van der Waals surface area contributed by atoms with Gasteiger partial charge in [0, 0.05) is 28.9 Å². The fourth-order valence-corrected chi connectivity index (χ4v) is 2.66. The molecule has 0 fully saturated rings. The van der Waals surface area contributed by atoms with Crippen molar-refractivity contribution >= 4 is 28.6 Å². The van der Waals surface area contributed by atoms with Crippen molar-refractivity contribution in [3.05, 3.63) is 36.0 Å². The van der Waals surface area contributed by atoms with E-state index in [1.54, 1.807) is 0 Å². The van der Waals surface area contributed by atoms with Gasteiger partial charge in [0.2, 0.25) is 0 Å². The summed E-state index contributed by atoms with van der Waals surface area (Å²) >= 11 is 5.86. The number of carbonyl (C=O) groups is 1. The third-order valence-electron chi connectivity index (χ3n) is 3.31. The van der Waals surface area contributed by atoms with E-state index in [1.807, 2.05) is 37.4 Å². The molecule has 0 aliphatic heterocycles. The highest BCUT2D eigenvalue weighted by molar-refractivity contribution is 6.17. The predicted molar refractivity (Wildman–Crippen MR) is 76.5 cm³/mol. The lowest BCUT2D eigenvalue weighted by atomic mass is 9.91. The molecule has 5 heteroatoms. The monoisotopic (exact) mass is 280 g/mol. The van der Waals surface area contributed by atoms with Crippen LogP contribution in [0.15, 0.2) is 30.5 Å². The highest BCUT2D eigenvalue weighted by atomic mass is 35.5. The summed E-state index contributed by atoms with van der Waals surface area (Å²) in [4.78, 5) is 14.1. The Kier molecular flexibility index (Phi) is 4.32. The molecule has 1 aromatic carbocycles. The molecule has 2 rings (SSSR count). The maximum atomic E-state index is 10.9. The summed E-state index contributed by atoms with van der Waals surface area (Å²) in [5, 5.41) is 1.12. The molecule has 3 N–H and O–H groups in total. The summed E-state index contributed by atoms with van der Waals surface area (Å²) < 4.78 is 5.10. The molecule has 19 heavy (non-hydrogen) atoms. The number of nitrogens with two attached hydrogens (primary N) is 1. The average Bonchev–Trinajstić information content (AvgIpc) is 2.78. The minimum absolute atomic E-state index is 0.0288. The smallest absolute Gasteiger partial charge is 0.404 e. The molecule has 1 aromatic heterocycles. The number of hydrogen-bond acceptors (Lipinski definition) is 2. The summed E-state index contributed by atoms with van der Waals surface area (Å²) in [6, 6.07) is 8.01. The van der Waals surface area contributed by atoms with Crippen LogP contribution in [-0.4, -0.2) is 23.1 Å². The molecule has 1 heterocycles. The van der Waals surface area contributed by atoms with Gasteiger partial charge in [0.25, 0.3) is 0 Å². The van der Waals surface area contributed by atoms with Crippen LogP contribution < -0.4 is 5.73 Å². The second kappa shape index (κ2) is 5.97. The van der Waals surface area contributed by atoms with Gasteiger partial charge in [0.15, 0.2) is 0 Å². The van der Waals surface area contributed by atoms with E-state index in [-0.39, 0.29) is 12.0 Å². The fourth-order valence-electron chi connectivity index (χ4n) is 2.43. The van der Waals surface area contributed by atoms with Crippen molar-refractivity contribution in [2.75, 3.05) is 5.88 Å². The van der Waals surface area contributed by atoms with Crippen molar-refractivity contribution in [2.24, 2.45) is 5.73 Å². The van der Waals surface area contributed by atoms with Crippen LogP contribution in [0.3, 0.4) is 0 Å². The Morgan fingerprint density at radius 3 is 2.89 bits per heavy atom. The first-order valence-electron chi connectivity index (χ1n) is 6.21. The molecule has 2 aromatic rings. The van der Waals surface area contributed by atoms with Gasteiger partial charge in [-0.15, -0.1) is 11.6 Å². The maximum absolute atomic E-state index is 10.9. The van der Waals surface area contributed by atoms with Crippen molar-refractivity contribution in [3.8, 4) is 0 Å². The van der Waals surface area contributed by atoms with Gasteiger partial charge in [-0.05, 0) is 25.0 Å². The number of benzene rings is 1. The number of aromatic nitrogens is 1. The number of amides is 1. The third kappa shape index (κ3) is 3.01. The summed E-state index contributed by atoms with van der Waals surface area (Å²) in [5.74, 6) is 0.526. The molecule has 0 bridgehead atoms. The molecule has 0 saturated carbocycles. The van der Waals surface area contributed by atoms with Crippen molar-refractivity contribution in [2.45, 2.75) is 25.4 Å². The first-order chi connectivity index (χ1) is 9.13. The molecule has 0 aliphatic carbocycles. The van der Waals surface area contributed by atoms with E-state index in [2.05, 4.69) is 4.98 Å². The van der Waals surface area contributed by atoms with Gasteiger partial charge < -0.3 is 15.5 Å². The minimum Gasteiger partial charge on any atom is -0.446 e. The number of carbonyl (C=O) groups excluding carboxylic acids is 1. The third-order valence-corrected chi connectivity index (χ3v) is 3.53. The number of H-pyrrole nitrogens is 1. The van der Waals surface area contributed by atoms with Crippen LogP contribution >= 0.6 is 11.6 Å². The number of alkyl halides is 1. The van der Waals surface area contributed by atoms with E-state index >= 15 is 0 Å². The molecule has 0 spiro atoms. The van der Waals surface area contributed by atoms with Crippen molar-refractivity contribution in [1.82, 2.24) is 4.98 Å². The normalized spacial score (nSPS) is 14.2. The van der Waals surface area contributed by atoms with E-state index in [0.29, 0.717) is 5.88 Å². The van der Waals surface area contributed by atoms with E-state index in [9.17, 15) is 4.79 Å². The number of hydrogen-bond donors (Lipinski definition) is 2. The first kappa shape index (κ1) is 13.7. The lowest BCUT2D eigenvalue weighted by Gasteiger charge is -2.22. The Morgan fingerprint density at radius 1 is 1.47 bits per heavy atom. The minimum atomic E-state index is -0.757. The lowest BCUT2D eigenvalue weighted by molar-refractivity contribution is 0.0994. The van der Waals surface area contributed by atoms with Crippen LogP contribution in [0.2, 0.25) is 0 Å². The number of aromatic amines is 1. The standard InChI is InChI=1S/C14H17ClN2O2/c1-9(19-14(16)18)10(6-7-15)12-8-17-13-5-3-2-4-11(12)13/h2-5,8-10,17H,6-7H2,1H3,(H2,16,18). The zero-order chi connectivity index (χ0) is 13.8. The Morgan fingerprint density at radius 2 is 2.21 bits per heavy atom. The molecule has 4 nitrogen and oxygen atoms in total. The molecule has 102 valence electrons. The predicted octanol–water partition coefficient (Wildman–Crippen LogP) is 3.36. The van der Waals surface area contributed by atoms with E-state index < -0.39 is 6.09 Å². The zero-order valence-corrected chi connectivity index (χ0v) is 11.5. The summed E-state index contributed by atoms with van der Waals surface area (Å²) in [7, 11) is 0. The SMILES string of the molecule is CC(OC(N)=O)C(CCCl)c1c[nH]c2ccccc12. The van der Waals surface area contributed by atoms with E-state index in [1.165, 1.54) is 0 Å². The molecular formula is C14H17ClN2O2. The molecule has 2 atom stereocenters. The van der Waals surface area contributed by atoms with Crippen LogP contribution in [0.1, 0.15) is 24.8 Å². The van der Waals surface area contributed by atoms with Crippen molar-refractivity contribution < 1.29 is 9.53 Å². The Balaban J connectivity index is 2.35. The highest BCUT2D eigenvalue weighted by Gasteiger charge is 2.24. The van der Waals surface area contributed by atoms with Crippen LogP contribution in [0.25, 0.3) is 10.9 Å². The van der Waals surface area contributed by atoms with Gasteiger partial charge in [0.1, 0.15) is 6.10 Å². The summed E-state index contributed by atoms with van der Waals surface area (Å²) in [5.41, 5.74) is 7.25. The zero-order valence-electron chi connectivity index (χ0n) is 10.7. The molecule has 0 aliphatic rings. The Bertz CT molecular complexity index is 567. The number of rotatable bonds is 5. The van der Waals surface area contributed by atoms with Gasteiger partial charge in [-0.2, -0.15) is 0 Å². The second-order valence-corrected chi connectivity index (χ2v) is 4.89. The van der Waals surface area contributed by atoms with Crippen molar-refractivity contribution in [3.63, 3.8) is 0 Å². The fraction of sp³-hybridized carbons (Fsp3) is 0.357. The number of para-hydroxylation sites is 1. The van der Waals surface area contributed by atoms with E-state index in [4.69, 9.17) is 22.1 Å². The largest absolute Gasteiger partial charge is 0.446 e. The average molecular weight is 281 g/mol. The maximum Gasteiger partial charge on any atom is 0.404 e. The summed E-state index contributed by atoms with van der Waals surface area (Å²) in [6.45, 7) is 1.84. The van der Waals surface area contributed by atoms with Gasteiger partial charge in [-0.3, -0.25) is 0 Å². The summed E-state index contributed by atoms with van der Waals surface area (Å²) in [6.07, 6.45) is 1.60. The molecule has 0 saturated heterocycles. The van der Waals surface area contributed by atoms with Gasteiger partial charge in [0.05, 0.1) is 0 Å². The molecule has 2 unspecified atom stereocenters. The number of nitrogens with one attached hydrogen (secondary N) is 1. The topological polar surface area (TPSA) is 68.1 Å². The molecule has 0 radical (unpaired) electrons. The van der Waals surface area contributed by atoms with Crippen LogP contribution in [-0.2, 0) is 4.74 Å². The van der Waals surface area contributed by atoms with Crippen LogP contribution in [0, 0.1) is 0 Å². The van der Waals surface area contributed by atoms with E-state index in [0.717, 1.165) is 22.9 Å². The Hall–Kier alpha value is -1.68. The number of primary amides is 1. The van der Waals surface area contributed by atoms with Crippen LogP contribution in [0.4, 0.5) is 4.79 Å². The molecular weight excluding hydrogens is 264 g/mol.